The summed E-state index contributed by atoms with van der Waals surface area (Å²) < 4.78 is 24.3. The van der Waals surface area contributed by atoms with Crippen molar-refractivity contribution in [2.24, 2.45) is 0 Å². The first-order valence-electron chi connectivity index (χ1n) is 11.7. The Balaban J connectivity index is 1.31. The number of hydrogen-bond acceptors (Lipinski definition) is 4. The van der Waals surface area contributed by atoms with E-state index in [2.05, 4.69) is 35.3 Å². The summed E-state index contributed by atoms with van der Waals surface area (Å²) in [5, 5.41) is 0.806. The van der Waals surface area contributed by atoms with Gasteiger partial charge in [-0.05, 0) is 23.3 Å². The fraction of sp³-hybridized carbons (Fsp3) is 0.259. The quantitative estimate of drug-likeness (QED) is 0.252. The van der Waals surface area contributed by atoms with E-state index in [1.54, 1.807) is 12.1 Å². The lowest BCUT2D eigenvalue weighted by atomic mass is 10.0. The topological polar surface area (TPSA) is 74.4 Å². The molecule has 1 atom stereocenters. The molecule has 176 valence electrons. The number of H-pyrrole nitrogens is 1. The van der Waals surface area contributed by atoms with Gasteiger partial charge in [0.15, 0.2) is 0 Å². The molecule has 1 aliphatic rings. The number of nitrogens with one attached hydrogen (secondary N) is 1. The Labute approximate surface area is 200 Å². The maximum absolute atomic E-state index is 12.6. The van der Waals surface area contributed by atoms with Gasteiger partial charge in [0.1, 0.15) is 12.3 Å². The molecule has 5 rings (SSSR count). The van der Waals surface area contributed by atoms with E-state index in [0.29, 0.717) is 5.75 Å². The molecule has 6 nitrogen and oxygen atoms in total. The van der Waals surface area contributed by atoms with Gasteiger partial charge in [-0.2, -0.15) is 0 Å². The lowest BCUT2D eigenvalue weighted by Gasteiger charge is -2.46. The fourth-order valence-corrected chi connectivity index (χ4v) is 5.51. The van der Waals surface area contributed by atoms with E-state index in [9.17, 15) is 9.46 Å². The predicted octanol–water partition coefficient (Wildman–Crippen LogP) is 5.20. The highest BCUT2D eigenvalue weighted by molar-refractivity contribution is 7.46. The van der Waals surface area contributed by atoms with Crippen molar-refractivity contribution in [1.29, 1.82) is 0 Å². The van der Waals surface area contributed by atoms with Gasteiger partial charge in [-0.25, -0.2) is 0 Å². The molecule has 0 radical (unpaired) electrons. The maximum Gasteiger partial charge on any atom is 0.320 e. The van der Waals surface area contributed by atoms with Gasteiger partial charge in [0.25, 0.3) is 0 Å². The lowest BCUT2D eigenvalue weighted by molar-refractivity contribution is -0.975. The number of phosphoric acid groups is 1. The van der Waals surface area contributed by atoms with Crippen LogP contribution >= 0.6 is 7.82 Å². The Bertz CT molecular complexity index is 1290. The number of aromatic amines is 1. The second-order valence-corrected chi connectivity index (χ2v) is 10.4. The molecule has 0 spiro atoms. The summed E-state index contributed by atoms with van der Waals surface area (Å²) in [7, 11) is -4.54. The molecule has 1 N–H and O–H groups in total. The lowest BCUT2D eigenvalue weighted by Crippen LogP contribution is -2.57. The molecule has 0 saturated carbocycles. The molecule has 1 fully saturated rings. The van der Waals surface area contributed by atoms with Crippen molar-refractivity contribution in [2.75, 3.05) is 19.6 Å². The molecular weight excluding hydrogens is 447 g/mol. The second-order valence-electron chi connectivity index (χ2n) is 9.05. The molecule has 2 heterocycles. The number of phosphoric ester groups is 1. The van der Waals surface area contributed by atoms with Crippen molar-refractivity contribution in [3.8, 4) is 5.75 Å². The van der Waals surface area contributed by atoms with Gasteiger partial charge in [-0.3, -0.25) is 4.57 Å². The first-order chi connectivity index (χ1) is 16.5. The molecule has 1 aromatic heterocycles. The third-order valence-corrected chi connectivity index (χ3v) is 7.54. The third kappa shape index (κ3) is 5.26. The number of hydrogen-bond donors (Lipinski definition) is 1. The molecule has 7 heteroatoms. The summed E-state index contributed by atoms with van der Waals surface area (Å²) in [6.45, 7) is 4.30. The minimum atomic E-state index is -4.54. The Morgan fingerprint density at radius 3 is 2.29 bits per heavy atom. The van der Waals surface area contributed by atoms with E-state index in [1.807, 2.05) is 42.6 Å². The van der Waals surface area contributed by atoms with Gasteiger partial charge in [0, 0.05) is 35.5 Å². The number of fused-ring (bicyclic) bond motifs is 1. The Kier molecular flexibility index (Phi) is 6.57. The SMILES string of the molecule is O=P([O-])(OCc1ccccc1)Oc1cccc2[nH]cc(CC[N+]3(Cc4ccccc4)CCC3)c12. The summed E-state index contributed by atoms with van der Waals surface area (Å²) in [5.41, 5.74) is 4.04. The van der Waals surface area contributed by atoms with Crippen LogP contribution in [0.3, 0.4) is 0 Å². The van der Waals surface area contributed by atoms with Crippen LogP contribution in [0.15, 0.2) is 85.1 Å². The third-order valence-electron chi connectivity index (χ3n) is 6.67. The van der Waals surface area contributed by atoms with Crippen LogP contribution in [-0.4, -0.2) is 29.1 Å². The largest absolute Gasteiger partial charge is 0.746 e. The van der Waals surface area contributed by atoms with E-state index >= 15 is 0 Å². The average molecular weight is 477 g/mol. The van der Waals surface area contributed by atoms with E-state index in [-0.39, 0.29) is 6.61 Å². The molecule has 0 amide bonds. The highest BCUT2D eigenvalue weighted by atomic mass is 31.2. The van der Waals surface area contributed by atoms with Crippen molar-refractivity contribution in [2.45, 2.75) is 26.0 Å². The van der Waals surface area contributed by atoms with Gasteiger partial charge in [0.05, 0.1) is 26.2 Å². The van der Waals surface area contributed by atoms with E-state index < -0.39 is 7.82 Å². The molecular formula is C27H29N2O4P. The Morgan fingerprint density at radius 2 is 1.62 bits per heavy atom. The zero-order valence-electron chi connectivity index (χ0n) is 19.1. The second kappa shape index (κ2) is 9.77. The van der Waals surface area contributed by atoms with Crippen LogP contribution in [0.25, 0.3) is 10.9 Å². The van der Waals surface area contributed by atoms with Gasteiger partial charge in [-0.15, -0.1) is 0 Å². The molecule has 3 aromatic carbocycles. The molecule has 1 unspecified atom stereocenters. The van der Waals surface area contributed by atoms with Crippen molar-refractivity contribution >= 4 is 18.7 Å². The summed E-state index contributed by atoms with van der Waals surface area (Å²) in [6.07, 6.45) is 4.05. The van der Waals surface area contributed by atoms with Crippen LogP contribution < -0.4 is 9.42 Å². The highest BCUT2D eigenvalue weighted by Crippen LogP contribution is 2.43. The molecule has 0 aliphatic carbocycles. The van der Waals surface area contributed by atoms with Crippen molar-refractivity contribution in [1.82, 2.24) is 4.98 Å². The first-order valence-corrected chi connectivity index (χ1v) is 13.2. The van der Waals surface area contributed by atoms with E-state index in [1.165, 1.54) is 25.1 Å². The Hall–Kier alpha value is -2.89. The number of quaternary nitrogens is 1. The smallest absolute Gasteiger partial charge is 0.320 e. The van der Waals surface area contributed by atoms with Crippen LogP contribution in [0.4, 0.5) is 0 Å². The number of aromatic nitrogens is 1. The summed E-state index contributed by atoms with van der Waals surface area (Å²) in [4.78, 5) is 15.9. The number of rotatable bonds is 10. The summed E-state index contributed by atoms with van der Waals surface area (Å²) >= 11 is 0. The minimum Gasteiger partial charge on any atom is -0.746 e. The van der Waals surface area contributed by atoms with E-state index in [0.717, 1.165) is 46.0 Å². The van der Waals surface area contributed by atoms with Crippen LogP contribution in [0.2, 0.25) is 0 Å². The average Bonchev–Trinajstić information content (AvgIpc) is 3.25. The van der Waals surface area contributed by atoms with Crippen molar-refractivity contribution < 1.29 is 23.0 Å². The maximum atomic E-state index is 12.6. The van der Waals surface area contributed by atoms with Gasteiger partial charge < -0.3 is 23.4 Å². The van der Waals surface area contributed by atoms with Crippen LogP contribution in [-0.2, 0) is 28.7 Å². The molecule has 0 bridgehead atoms. The zero-order chi connectivity index (χ0) is 23.4. The van der Waals surface area contributed by atoms with Crippen LogP contribution in [0.5, 0.6) is 5.75 Å². The number of likely N-dealkylation sites (tertiary alicyclic amines) is 1. The normalized spacial score (nSPS) is 16.6. The van der Waals surface area contributed by atoms with Crippen LogP contribution in [0.1, 0.15) is 23.1 Å². The zero-order valence-corrected chi connectivity index (χ0v) is 20.0. The minimum absolute atomic E-state index is 0.0585. The van der Waals surface area contributed by atoms with Crippen LogP contribution in [0, 0.1) is 0 Å². The molecule has 1 saturated heterocycles. The van der Waals surface area contributed by atoms with E-state index in [4.69, 9.17) is 9.05 Å². The fourth-order valence-electron chi connectivity index (χ4n) is 4.76. The Morgan fingerprint density at radius 1 is 0.912 bits per heavy atom. The van der Waals surface area contributed by atoms with Gasteiger partial charge in [0.2, 0.25) is 0 Å². The summed E-state index contributed by atoms with van der Waals surface area (Å²) in [5.74, 6) is 0.304. The molecule has 34 heavy (non-hydrogen) atoms. The predicted molar refractivity (Wildman–Crippen MR) is 131 cm³/mol. The standard InChI is InChI=1S/C27H29N2O4P/c30-34(31,32-21-23-11-5-2-6-12-23)33-26-14-7-13-25-27(26)24(19-28-25)15-18-29(16-8-17-29)20-22-9-3-1-4-10-22/h1-7,9-14,19,28H,8,15-18,20-21H2. The molecule has 4 aromatic rings. The number of nitrogens with zero attached hydrogens (tertiary/aromatic N) is 1. The molecule has 1 aliphatic heterocycles. The van der Waals surface area contributed by atoms with Gasteiger partial charge >= 0.3 is 7.82 Å². The van der Waals surface area contributed by atoms with Gasteiger partial charge in [-0.1, -0.05) is 66.7 Å². The monoisotopic (exact) mass is 476 g/mol. The van der Waals surface area contributed by atoms with Crippen molar-refractivity contribution in [3.05, 3.63) is 102 Å². The number of benzene rings is 3. The first kappa shape index (κ1) is 22.9. The summed E-state index contributed by atoms with van der Waals surface area (Å²) in [6, 6.07) is 25.2. The highest BCUT2D eigenvalue weighted by Gasteiger charge is 2.35. The van der Waals surface area contributed by atoms with Crippen molar-refractivity contribution in [3.63, 3.8) is 0 Å².